The van der Waals surface area contributed by atoms with Crippen LogP contribution in [-0.4, -0.2) is 26.2 Å². The highest BCUT2D eigenvalue weighted by molar-refractivity contribution is 9.10. The van der Waals surface area contributed by atoms with Crippen molar-refractivity contribution in [2.75, 3.05) is 25.6 Å². The molecule has 0 heterocycles. The van der Waals surface area contributed by atoms with Crippen LogP contribution in [0.4, 0.5) is 5.69 Å². The van der Waals surface area contributed by atoms with Crippen LogP contribution in [-0.2, 0) is 4.79 Å². The summed E-state index contributed by atoms with van der Waals surface area (Å²) in [5.74, 6) is 1.13. The molecule has 29 heavy (non-hydrogen) atoms. The van der Waals surface area contributed by atoms with Crippen LogP contribution in [0.25, 0.3) is 6.08 Å². The van der Waals surface area contributed by atoms with E-state index >= 15 is 0 Å². The van der Waals surface area contributed by atoms with Gasteiger partial charge in [0, 0.05) is 0 Å². The first-order valence-corrected chi connectivity index (χ1v) is 9.98. The van der Waals surface area contributed by atoms with Crippen molar-refractivity contribution >= 4 is 33.6 Å². The van der Waals surface area contributed by atoms with Crippen molar-refractivity contribution in [3.63, 3.8) is 0 Å². The number of amides is 1. The molecule has 0 spiro atoms. The number of nitrogens with zero attached hydrogens (tertiary/aromatic N) is 1. The number of nitriles is 1. The number of methoxy groups -OCH3 is 1. The minimum Gasteiger partial charge on any atom is -0.495 e. The first-order valence-electron chi connectivity index (χ1n) is 9.19. The molecule has 2 rings (SSSR count). The molecular weight excluding hydrogens is 436 g/mol. The number of ether oxygens (including phenoxy) is 3. The summed E-state index contributed by atoms with van der Waals surface area (Å²) in [4.78, 5) is 12.6. The third-order valence-corrected chi connectivity index (χ3v) is 4.40. The lowest BCUT2D eigenvalue weighted by Gasteiger charge is -2.14. The Bertz CT molecular complexity index is 935. The van der Waals surface area contributed by atoms with Gasteiger partial charge >= 0.3 is 0 Å². The van der Waals surface area contributed by atoms with Gasteiger partial charge in [-0.3, -0.25) is 4.79 Å². The summed E-state index contributed by atoms with van der Waals surface area (Å²) in [6.07, 6.45) is 2.36. The SMILES string of the molecule is CCCOc1c(Br)cc(/C=C(/C#N)C(=O)Nc2ccccc2OC)cc1OCC. The Kier molecular flexibility index (Phi) is 8.56. The van der Waals surface area contributed by atoms with E-state index in [4.69, 9.17) is 14.2 Å². The van der Waals surface area contributed by atoms with E-state index in [0.29, 0.717) is 46.2 Å². The molecule has 0 saturated heterocycles. The number of carbonyl (C=O) groups is 1. The number of rotatable bonds is 9. The monoisotopic (exact) mass is 458 g/mol. The molecule has 2 aromatic rings. The smallest absolute Gasteiger partial charge is 0.266 e. The first-order chi connectivity index (χ1) is 14.0. The fourth-order valence-electron chi connectivity index (χ4n) is 2.53. The molecule has 2 aromatic carbocycles. The number of hydrogen-bond donors (Lipinski definition) is 1. The summed E-state index contributed by atoms with van der Waals surface area (Å²) in [5, 5.41) is 12.2. The topological polar surface area (TPSA) is 80.6 Å². The predicted molar refractivity (Wildman–Crippen MR) is 116 cm³/mol. The summed E-state index contributed by atoms with van der Waals surface area (Å²) >= 11 is 3.49. The van der Waals surface area contributed by atoms with Crippen molar-refractivity contribution in [2.24, 2.45) is 0 Å². The van der Waals surface area contributed by atoms with E-state index in [1.165, 1.54) is 13.2 Å². The maximum atomic E-state index is 12.6. The second-order valence-corrected chi connectivity index (χ2v) is 6.79. The fourth-order valence-corrected chi connectivity index (χ4v) is 3.11. The molecule has 0 radical (unpaired) electrons. The van der Waals surface area contributed by atoms with Gasteiger partial charge in [-0.05, 0) is 65.2 Å². The lowest BCUT2D eigenvalue weighted by molar-refractivity contribution is -0.112. The van der Waals surface area contributed by atoms with E-state index in [0.717, 1.165) is 6.42 Å². The third kappa shape index (κ3) is 6.00. The van der Waals surface area contributed by atoms with E-state index in [2.05, 4.69) is 21.2 Å². The van der Waals surface area contributed by atoms with E-state index in [1.54, 1.807) is 36.4 Å². The Balaban J connectivity index is 2.34. The van der Waals surface area contributed by atoms with E-state index in [-0.39, 0.29) is 5.57 Å². The van der Waals surface area contributed by atoms with Crippen molar-refractivity contribution in [1.82, 2.24) is 0 Å². The van der Waals surface area contributed by atoms with Crippen molar-refractivity contribution in [3.05, 3.63) is 52.0 Å². The van der Waals surface area contributed by atoms with E-state index < -0.39 is 5.91 Å². The molecule has 6 nitrogen and oxygen atoms in total. The third-order valence-electron chi connectivity index (χ3n) is 3.81. The quantitative estimate of drug-likeness (QED) is 0.412. The number of halogens is 1. The van der Waals surface area contributed by atoms with Gasteiger partial charge < -0.3 is 19.5 Å². The van der Waals surface area contributed by atoms with Crippen LogP contribution in [0.5, 0.6) is 17.2 Å². The molecule has 0 saturated carbocycles. The zero-order valence-corrected chi connectivity index (χ0v) is 18.2. The van der Waals surface area contributed by atoms with Gasteiger partial charge in [-0.1, -0.05) is 19.1 Å². The van der Waals surface area contributed by atoms with Gasteiger partial charge in [0.15, 0.2) is 11.5 Å². The molecule has 0 aliphatic carbocycles. The van der Waals surface area contributed by atoms with Crippen molar-refractivity contribution in [2.45, 2.75) is 20.3 Å². The fraction of sp³-hybridized carbons (Fsp3) is 0.273. The number of hydrogen-bond acceptors (Lipinski definition) is 5. The zero-order valence-electron chi connectivity index (χ0n) is 16.6. The molecule has 1 amide bonds. The van der Waals surface area contributed by atoms with Crippen LogP contribution in [0.2, 0.25) is 0 Å². The van der Waals surface area contributed by atoms with Crippen LogP contribution < -0.4 is 19.5 Å². The van der Waals surface area contributed by atoms with Crippen LogP contribution in [0.15, 0.2) is 46.4 Å². The molecule has 0 unspecified atom stereocenters. The van der Waals surface area contributed by atoms with Crippen LogP contribution in [0.1, 0.15) is 25.8 Å². The highest BCUT2D eigenvalue weighted by Gasteiger charge is 2.15. The Labute approximate surface area is 179 Å². The molecule has 0 aliphatic heterocycles. The molecule has 0 aromatic heterocycles. The van der Waals surface area contributed by atoms with Crippen molar-refractivity contribution in [3.8, 4) is 23.3 Å². The molecule has 152 valence electrons. The lowest BCUT2D eigenvalue weighted by atomic mass is 10.1. The van der Waals surface area contributed by atoms with E-state index in [1.807, 2.05) is 19.9 Å². The predicted octanol–water partition coefficient (Wildman–Crippen LogP) is 5.19. The first kappa shape index (κ1) is 22.3. The molecular formula is C22H23BrN2O4. The van der Waals surface area contributed by atoms with Gasteiger partial charge in [-0.25, -0.2) is 0 Å². The average Bonchev–Trinajstić information content (AvgIpc) is 2.72. The van der Waals surface area contributed by atoms with Gasteiger partial charge in [0.1, 0.15) is 17.4 Å². The molecule has 0 fully saturated rings. The number of anilines is 1. The van der Waals surface area contributed by atoms with Crippen molar-refractivity contribution in [1.29, 1.82) is 5.26 Å². The van der Waals surface area contributed by atoms with Gasteiger partial charge in [0.2, 0.25) is 0 Å². The van der Waals surface area contributed by atoms with Crippen LogP contribution >= 0.6 is 15.9 Å². The second-order valence-electron chi connectivity index (χ2n) is 5.94. The summed E-state index contributed by atoms with van der Waals surface area (Å²) in [5.41, 5.74) is 1.07. The van der Waals surface area contributed by atoms with Gasteiger partial charge in [0.05, 0.1) is 30.5 Å². The summed E-state index contributed by atoms with van der Waals surface area (Å²) in [7, 11) is 1.51. The standard InChI is InChI=1S/C22H23BrN2O4/c1-4-10-29-21-17(23)12-15(13-20(21)28-5-2)11-16(14-24)22(26)25-18-8-6-7-9-19(18)27-3/h6-9,11-13H,4-5,10H2,1-3H3,(H,25,26)/b16-11-. The van der Waals surface area contributed by atoms with Crippen molar-refractivity contribution < 1.29 is 19.0 Å². The maximum Gasteiger partial charge on any atom is 0.266 e. The minimum atomic E-state index is -0.530. The number of carbonyl (C=O) groups excluding carboxylic acids is 1. The highest BCUT2D eigenvalue weighted by atomic mass is 79.9. The molecule has 0 atom stereocenters. The average molecular weight is 459 g/mol. The molecule has 1 N–H and O–H groups in total. The van der Waals surface area contributed by atoms with Gasteiger partial charge in [-0.15, -0.1) is 0 Å². The Morgan fingerprint density at radius 2 is 1.97 bits per heavy atom. The summed E-state index contributed by atoms with van der Waals surface area (Å²) < 4.78 is 17.3. The molecule has 7 heteroatoms. The Morgan fingerprint density at radius 3 is 2.62 bits per heavy atom. The Morgan fingerprint density at radius 1 is 1.21 bits per heavy atom. The molecule has 0 aliphatic rings. The maximum absolute atomic E-state index is 12.6. The summed E-state index contributed by atoms with van der Waals surface area (Å²) in [6, 6.07) is 12.5. The highest BCUT2D eigenvalue weighted by Crippen LogP contribution is 2.37. The summed E-state index contributed by atoms with van der Waals surface area (Å²) in [6.45, 7) is 4.91. The normalized spacial score (nSPS) is 10.8. The minimum absolute atomic E-state index is 0.0486. The largest absolute Gasteiger partial charge is 0.495 e. The lowest BCUT2D eigenvalue weighted by Crippen LogP contribution is -2.14. The van der Waals surface area contributed by atoms with Crippen LogP contribution in [0, 0.1) is 11.3 Å². The van der Waals surface area contributed by atoms with Gasteiger partial charge in [0.25, 0.3) is 5.91 Å². The molecule has 0 bridgehead atoms. The van der Waals surface area contributed by atoms with Crippen LogP contribution in [0.3, 0.4) is 0 Å². The number of para-hydroxylation sites is 2. The zero-order chi connectivity index (χ0) is 21.2. The number of nitrogens with one attached hydrogen (secondary N) is 1. The second kappa shape index (κ2) is 11.1. The van der Waals surface area contributed by atoms with Gasteiger partial charge in [-0.2, -0.15) is 5.26 Å². The van der Waals surface area contributed by atoms with E-state index in [9.17, 15) is 10.1 Å². The number of benzene rings is 2. The Hall–Kier alpha value is -2.98.